The lowest BCUT2D eigenvalue weighted by molar-refractivity contribution is 0.177. The molecule has 0 aliphatic rings. The maximum Gasteiger partial charge on any atom is 0.332 e. The summed E-state index contributed by atoms with van der Waals surface area (Å²) >= 11 is 0.815. The van der Waals surface area contributed by atoms with Gasteiger partial charge >= 0.3 is 5.69 Å². The molecule has 0 amide bonds. The molecule has 0 fully saturated rings. The van der Waals surface area contributed by atoms with E-state index in [1.54, 1.807) is 0 Å². The van der Waals surface area contributed by atoms with Crippen LogP contribution in [0, 0.1) is 0 Å². The van der Waals surface area contributed by atoms with Crippen LogP contribution in [0.5, 0.6) is 0 Å². The Morgan fingerprint density at radius 3 is 2.42 bits per heavy atom. The molecule has 0 aromatic carbocycles. The van der Waals surface area contributed by atoms with Gasteiger partial charge in [-0.25, -0.2) is 23.5 Å². The molecule has 0 unspecified atom stereocenters. The van der Waals surface area contributed by atoms with Gasteiger partial charge in [0, 0.05) is 19.5 Å². The predicted molar refractivity (Wildman–Crippen MR) is 90.1 cm³/mol. The van der Waals surface area contributed by atoms with E-state index in [-0.39, 0.29) is 22.0 Å². The summed E-state index contributed by atoms with van der Waals surface area (Å²) in [6.45, 7) is 6.02. The lowest BCUT2D eigenvalue weighted by atomic mass is 10.2. The SMILES string of the molecule is CCCn1c(=O)n(C)c(=O)c2c(SCC(F)F)nc(C(C)C)nc21. The molecule has 0 N–H and O–H groups in total. The summed E-state index contributed by atoms with van der Waals surface area (Å²) in [5, 5.41) is 0.329. The van der Waals surface area contributed by atoms with Gasteiger partial charge in [-0.2, -0.15) is 0 Å². The van der Waals surface area contributed by atoms with E-state index in [1.807, 2.05) is 20.8 Å². The van der Waals surface area contributed by atoms with Gasteiger partial charge in [0.15, 0.2) is 5.65 Å². The first-order chi connectivity index (χ1) is 11.3. The molecule has 0 radical (unpaired) electrons. The van der Waals surface area contributed by atoms with Crippen LogP contribution in [0.1, 0.15) is 38.9 Å². The first-order valence-corrected chi connectivity index (χ1v) is 8.68. The van der Waals surface area contributed by atoms with Gasteiger partial charge in [-0.1, -0.05) is 32.5 Å². The number of thioether (sulfide) groups is 1. The van der Waals surface area contributed by atoms with Crippen molar-refractivity contribution in [3.8, 4) is 0 Å². The molecule has 0 aliphatic heterocycles. The molecule has 2 aromatic rings. The van der Waals surface area contributed by atoms with Crippen molar-refractivity contribution >= 4 is 22.8 Å². The lowest BCUT2D eigenvalue weighted by Gasteiger charge is -2.15. The molecule has 0 bridgehead atoms. The summed E-state index contributed by atoms with van der Waals surface area (Å²) in [5.41, 5.74) is -0.803. The third kappa shape index (κ3) is 3.50. The summed E-state index contributed by atoms with van der Waals surface area (Å²) in [7, 11) is 1.37. The molecule has 6 nitrogen and oxygen atoms in total. The summed E-state index contributed by atoms with van der Waals surface area (Å²) in [4.78, 5) is 33.6. The number of rotatable bonds is 6. The Hall–Kier alpha value is -1.77. The van der Waals surface area contributed by atoms with Gasteiger partial charge in [0.1, 0.15) is 16.2 Å². The van der Waals surface area contributed by atoms with Crippen LogP contribution in [0.4, 0.5) is 8.78 Å². The summed E-state index contributed by atoms with van der Waals surface area (Å²) in [6.07, 6.45) is -1.85. The standard InChI is InChI=1S/C15H20F2N4O2S/c1-5-6-21-12-10(14(22)20(4)15(21)23)13(24-7-9(16)17)19-11(18-12)8(2)3/h8-9H,5-7H2,1-4H3. The van der Waals surface area contributed by atoms with E-state index in [1.165, 1.54) is 11.6 Å². The van der Waals surface area contributed by atoms with E-state index < -0.39 is 23.4 Å². The van der Waals surface area contributed by atoms with Gasteiger partial charge in [0.05, 0.1) is 5.75 Å². The van der Waals surface area contributed by atoms with Crippen LogP contribution in [0.2, 0.25) is 0 Å². The Kier molecular flexibility index (Phi) is 5.74. The van der Waals surface area contributed by atoms with Crippen molar-refractivity contribution in [1.82, 2.24) is 19.1 Å². The Morgan fingerprint density at radius 1 is 1.21 bits per heavy atom. The molecule has 0 atom stereocenters. The number of hydrogen-bond donors (Lipinski definition) is 0. The molecule has 9 heteroatoms. The summed E-state index contributed by atoms with van der Waals surface area (Å²) in [6, 6.07) is 0. The molecule has 24 heavy (non-hydrogen) atoms. The van der Waals surface area contributed by atoms with E-state index >= 15 is 0 Å². The van der Waals surface area contributed by atoms with Gasteiger partial charge in [-0.05, 0) is 6.42 Å². The molecule has 0 saturated heterocycles. The highest BCUT2D eigenvalue weighted by Gasteiger charge is 2.20. The van der Waals surface area contributed by atoms with Crippen LogP contribution < -0.4 is 11.2 Å². The van der Waals surface area contributed by atoms with Gasteiger partial charge < -0.3 is 0 Å². The Bertz CT molecular complexity index is 861. The number of alkyl halides is 2. The first-order valence-electron chi connectivity index (χ1n) is 7.70. The van der Waals surface area contributed by atoms with Crippen molar-refractivity contribution in [3.63, 3.8) is 0 Å². The van der Waals surface area contributed by atoms with Crippen molar-refractivity contribution in [3.05, 3.63) is 26.7 Å². The quantitative estimate of drug-likeness (QED) is 0.586. The average Bonchev–Trinajstić information content (AvgIpc) is 2.53. The third-order valence-corrected chi connectivity index (χ3v) is 4.46. The normalized spacial score (nSPS) is 11.8. The fraction of sp³-hybridized carbons (Fsp3) is 0.600. The number of nitrogens with zero attached hydrogens (tertiary/aromatic N) is 4. The van der Waals surface area contributed by atoms with Gasteiger partial charge in [0.25, 0.3) is 5.56 Å². The van der Waals surface area contributed by atoms with Crippen molar-refractivity contribution in [2.75, 3.05) is 5.75 Å². The second kappa shape index (κ2) is 7.42. The first kappa shape index (κ1) is 18.6. The third-order valence-electron chi connectivity index (χ3n) is 3.48. The number of hydrogen-bond acceptors (Lipinski definition) is 5. The zero-order valence-corrected chi connectivity index (χ0v) is 14.9. The molecule has 0 saturated carbocycles. The van der Waals surface area contributed by atoms with E-state index in [9.17, 15) is 18.4 Å². The van der Waals surface area contributed by atoms with Crippen molar-refractivity contribution in [2.45, 2.75) is 51.1 Å². The van der Waals surface area contributed by atoms with Gasteiger partial charge in [0.2, 0.25) is 6.43 Å². The highest BCUT2D eigenvalue weighted by atomic mass is 32.2. The molecule has 0 aliphatic carbocycles. The fourth-order valence-electron chi connectivity index (χ4n) is 2.28. The topological polar surface area (TPSA) is 69.8 Å². The van der Waals surface area contributed by atoms with Crippen LogP contribution in [-0.2, 0) is 13.6 Å². The van der Waals surface area contributed by atoms with E-state index in [0.717, 1.165) is 16.3 Å². The minimum Gasteiger partial charge on any atom is -0.277 e. The van der Waals surface area contributed by atoms with Crippen LogP contribution in [0.15, 0.2) is 14.6 Å². The minimum absolute atomic E-state index is 0.0606. The van der Waals surface area contributed by atoms with Gasteiger partial charge in [-0.15, -0.1) is 0 Å². The second-order valence-corrected chi connectivity index (χ2v) is 6.75. The molecule has 2 heterocycles. The Labute approximate surface area is 141 Å². The molecular formula is C15H20F2N4O2S. The summed E-state index contributed by atoms with van der Waals surface area (Å²) in [5.74, 6) is -0.106. The maximum absolute atomic E-state index is 12.6. The number of aromatic nitrogens is 4. The Morgan fingerprint density at radius 2 is 1.88 bits per heavy atom. The predicted octanol–water partition coefficient (Wildman–Crippen LogP) is 2.38. The zero-order chi connectivity index (χ0) is 18.0. The van der Waals surface area contributed by atoms with Crippen LogP contribution >= 0.6 is 11.8 Å². The smallest absolute Gasteiger partial charge is 0.277 e. The van der Waals surface area contributed by atoms with E-state index in [0.29, 0.717) is 18.8 Å². The highest BCUT2D eigenvalue weighted by molar-refractivity contribution is 7.99. The largest absolute Gasteiger partial charge is 0.332 e. The van der Waals surface area contributed by atoms with Crippen molar-refractivity contribution < 1.29 is 8.78 Å². The van der Waals surface area contributed by atoms with Crippen LogP contribution in [0.25, 0.3) is 11.0 Å². The van der Waals surface area contributed by atoms with Crippen molar-refractivity contribution in [1.29, 1.82) is 0 Å². The highest BCUT2D eigenvalue weighted by Crippen LogP contribution is 2.26. The molecule has 132 valence electrons. The van der Waals surface area contributed by atoms with E-state index in [2.05, 4.69) is 9.97 Å². The number of aryl methyl sites for hydroxylation is 1. The zero-order valence-electron chi connectivity index (χ0n) is 14.0. The monoisotopic (exact) mass is 358 g/mol. The number of halogens is 2. The second-order valence-electron chi connectivity index (χ2n) is 5.74. The molecular weight excluding hydrogens is 338 g/mol. The van der Waals surface area contributed by atoms with Crippen LogP contribution in [0.3, 0.4) is 0 Å². The Balaban J connectivity index is 2.88. The minimum atomic E-state index is -2.52. The lowest BCUT2D eigenvalue weighted by Crippen LogP contribution is -2.39. The molecule has 0 spiro atoms. The molecule has 2 rings (SSSR count). The molecule has 2 aromatic heterocycles. The summed E-state index contributed by atoms with van der Waals surface area (Å²) < 4.78 is 27.6. The average molecular weight is 358 g/mol. The number of fused-ring (bicyclic) bond motifs is 1. The van der Waals surface area contributed by atoms with Crippen molar-refractivity contribution in [2.24, 2.45) is 7.05 Å². The van der Waals surface area contributed by atoms with Gasteiger partial charge in [-0.3, -0.25) is 13.9 Å². The fourth-order valence-corrected chi connectivity index (χ4v) is 3.05. The maximum atomic E-state index is 12.6. The van der Waals surface area contributed by atoms with E-state index in [4.69, 9.17) is 0 Å². The van der Waals surface area contributed by atoms with Crippen LogP contribution in [-0.4, -0.2) is 31.3 Å².